The second kappa shape index (κ2) is 12.3. The molecule has 0 saturated carbocycles. The molecular formula is C23H37IN6. The molecule has 0 radical (unpaired) electrons. The Kier molecular flexibility index (Phi) is 10.1. The van der Waals surface area contributed by atoms with Gasteiger partial charge in [0, 0.05) is 36.9 Å². The third kappa shape index (κ3) is 6.44. The standard InChI is InChI=1S/C23H36N6.HI/c1-5-14-28-15-12-20(13-16-28)26-23(24-6-2)25-17-22-18(3)27-29(19(22)4)21-10-8-7-9-11-21;/h7-11,20H,5-6,12-17H2,1-4H3,(H2,24,25,26);1H. The van der Waals surface area contributed by atoms with Crippen LogP contribution in [-0.4, -0.2) is 52.9 Å². The zero-order valence-electron chi connectivity index (χ0n) is 18.8. The molecule has 6 nitrogen and oxygen atoms in total. The van der Waals surface area contributed by atoms with E-state index in [4.69, 9.17) is 10.1 Å². The lowest BCUT2D eigenvalue weighted by Crippen LogP contribution is -2.48. The third-order valence-electron chi connectivity index (χ3n) is 5.65. The first-order valence-electron chi connectivity index (χ1n) is 11.0. The molecule has 0 unspecified atom stereocenters. The van der Waals surface area contributed by atoms with E-state index in [0.29, 0.717) is 12.6 Å². The molecule has 0 spiro atoms. The van der Waals surface area contributed by atoms with Crippen molar-refractivity contribution in [2.45, 2.75) is 59.5 Å². The number of nitrogens with one attached hydrogen (secondary N) is 2. The number of benzene rings is 1. The maximum absolute atomic E-state index is 4.89. The zero-order chi connectivity index (χ0) is 20.6. The molecule has 1 aliphatic heterocycles. The average molecular weight is 524 g/mol. The number of halogens is 1. The quantitative estimate of drug-likeness (QED) is 0.326. The Balaban J connectivity index is 0.00000320. The summed E-state index contributed by atoms with van der Waals surface area (Å²) >= 11 is 0. The summed E-state index contributed by atoms with van der Waals surface area (Å²) in [7, 11) is 0. The fourth-order valence-corrected chi connectivity index (χ4v) is 4.01. The van der Waals surface area contributed by atoms with Crippen LogP contribution in [0.2, 0.25) is 0 Å². The molecule has 0 atom stereocenters. The lowest BCUT2D eigenvalue weighted by Gasteiger charge is -2.32. The SMILES string of the molecule is CCCN1CCC(NC(=NCc2c(C)nn(-c3ccccc3)c2C)NCC)CC1.I. The first-order valence-corrected chi connectivity index (χ1v) is 11.0. The maximum atomic E-state index is 4.89. The van der Waals surface area contributed by atoms with Gasteiger partial charge in [0.05, 0.1) is 17.9 Å². The number of aryl methyl sites for hydroxylation is 1. The van der Waals surface area contributed by atoms with E-state index in [2.05, 4.69) is 55.4 Å². The number of piperidine rings is 1. The van der Waals surface area contributed by atoms with Gasteiger partial charge in [0.15, 0.2) is 5.96 Å². The molecule has 166 valence electrons. The Morgan fingerprint density at radius 2 is 1.83 bits per heavy atom. The van der Waals surface area contributed by atoms with Gasteiger partial charge in [0.1, 0.15) is 0 Å². The van der Waals surface area contributed by atoms with Crippen LogP contribution in [0.5, 0.6) is 0 Å². The Bertz CT molecular complexity index is 794. The first-order chi connectivity index (χ1) is 14.1. The van der Waals surface area contributed by atoms with Gasteiger partial charge in [-0.1, -0.05) is 25.1 Å². The van der Waals surface area contributed by atoms with Gasteiger partial charge < -0.3 is 15.5 Å². The Morgan fingerprint density at radius 1 is 1.13 bits per heavy atom. The highest BCUT2D eigenvalue weighted by molar-refractivity contribution is 14.0. The van der Waals surface area contributed by atoms with E-state index in [9.17, 15) is 0 Å². The van der Waals surface area contributed by atoms with E-state index in [1.54, 1.807) is 0 Å². The van der Waals surface area contributed by atoms with Crippen molar-refractivity contribution in [3.63, 3.8) is 0 Å². The Morgan fingerprint density at radius 3 is 2.47 bits per heavy atom. The van der Waals surface area contributed by atoms with Gasteiger partial charge >= 0.3 is 0 Å². The van der Waals surface area contributed by atoms with Gasteiger partial charge in [-0.25, -0.2) is 9.67 Å². The number of likely N-dealkylation sites (tertiary alicyclic amines) is 1. The number of hydrogen-bond donors (Lipinski definition) is 2. The molecule has 0 aliphatic carbocycles. The summed E-state index contributed by atoms with van der Waals surface area (Å²) in [6.45, 7) is 13.6. The van der Waals surface area contributed by atoms with Crippen LogP contribution in [0.3, 0.4) is 0 Å². The lowest BCUT2D eigenvalue weighted by atomic mass is 10.1. The number of para-hydroxylation sites is 1. The summed E-state index contributed by atoms with van der Waals surface area (Å²) in [6.07, 6.45) is 3.58. The molecule has 2 N–H and O–H groups in total. The van der Waals surface area contributed by atoms with Crippen LogP contribution in [0, 0.1) is 13.8 Å². The molecule has 1 saturated heterocycles. The van der Waals surface area contributed by atoms with Crippen LogP contribution in [0.1, 0.15) is 50.1 Å². The fourth-order valence-electron chi connectivity index (χ4n) is 4.01. The van der Waals surface area contributed by atoms with Crippen LogP contribution < -0.4 is 10.6 Å². The highest BCUT2D eigenvalue weighted by atomic mass is 127. The van der Waals surface area contributed by atoms with E-state index in [-0.39, 0.29) is 24.0 Å². The highest BCUT2D eigenvalue weighted by Crippen LogP contribution is 2.18. The van der Waals surface area contributed by atoms with Crippen LogP contribution in [0.25, 0.3) is 5.69 Å². The van der Waals surface area contributed by atoms with Crippen molar-refractivity contribution in [3.05, 3.63) is 47.3 Å². The Hall–Kier alpha value is -1.61. The van der Waals surface area contributed by atoms with E-state index in [1.165, 1.54) is 44.5 Å². The predicted molar refractivity (Wildman–Crippen MR) is 136 cm³/mol. The molecule has 2 aromatic rings. The second-order valence-corrected chi connectivity index (χ2v) is 7.85. The molecule has 30 heavy (non-hydrogen) atoms. The summed E-state index contributed by atoms with van der Waals surface area (Å²) in [6, 6.07) is 10.8. The second-order valence-electron chi connectivity index (χ2n) is 7.85. The molecule has 1 aromatic carbocycles. The predicted octanol–water partition coefficient (Wildman–Crippen LogP) is 4.04. The van der Waals surface area contributed by atoms with Gasteiger partial charge in [0.2, 0.25) is 0 Å². The number of guanidine groups is 1. The lowest BCUT2D eigenvalue weighted by molar-refractivity contribution is 0.206. The Labute approximate surface area is 198 Å². The monoisotopic (exact) mass is 524 g/mol. The number of rotatable bonds is 7. The number of nitrogens with zero attached hydrogens (tertiary/aromatic N) is 4. The minimum atomic E-state index is 0. The first kappa shape index (κ1) is 24.7. The van der Waals surface area contributed by atoms with Crippen molar-refractivity contribution in [2.24, 2.45) is 4.99 Å². The smallest absolute Gasteiger partial charge is 0.191 e. The number of aliphatic imine (C=N–C) groups is 1. The van der Waals surface area contributed by atoms with E-state index in [1.807, 2.05) is 22.9 Å². The topological polar surface area (TPSA) is 57.5 Å². The van der Waals surface area contributed by atoms with Crippen LogP contribution in [0.15, 0.2) is 35.3 Å². The van der Waals surface area contributed by atoms with Crippen molar-refractivity contribution in [1.82, 2.24) is 25.3 Å². The van der Waals surface area contributed by atoms with E-state index < -0.39 is 0 Å². The third-order valence-corrected chi connectivity index (χ3v) is 5.65. The summed E-state index contributed by atoms with van der Waals surface area (Å²) in [5.74, 6) is 0.910. The summed E-state index contributed by atoms with van der Waals surface area (Å²) in [5.41, 5.74) is 4.48. The summed E-state index contributed by atoms with van der Waals surface area (Å²) in [4.78, 5) is 7.45. The minimum absolute atomic E-state index is 0. The zero-order valence-corrected chi connectivity index (χ0v) is 21.1. The average Bonchev–Trinajstić information content (AvgIpc) is 3.02. The van der Waals surface area contributed by atoms with Gasteiger partial charge in [-0.2, -0.15) is 5.10 Å². The van der Waals surface area contributed by atoms with Crippen LogP contribution in [-0.2, 0) is 6.54 Å². The van der Waals surface area contributed by atoms with Crippen molar-refractivity contribution in [2.75, 3.05) is 26.2 Å². The van der Waals surface area contributed by atoms with Gasteiger partial charge in [-0.05, 0) is 58.7 Å². The van der Waals surface area contributed by atoms with Crippen LogP contribution in [0.4, 0.5) is 0 Å². The van der Waals surface area contributed by atoms with Crippen LogP contribution >= 0.6 is 24.0 Å². The summed E-state index contributed by atoms with van der Waals surface area (Å²) in [5, 5.41) is 11.8. The normalized spacial score (nSPS) is 15.7. The number of aromatic nitrogens is 2. The molecule has 1 aromatic heterocycles. The van der Waals surface area contributed by atoms with E-state index >= 15 is 0 Å². The van der Waals surface area contributed by atoms with Gasteiger partial charge in [0.25, 0.3) is 0 Å². The maximum Gasteiger partial charge on any atom is 0.191 e. The molecule has 1 fully saturated rings. The molecule has 0 bridgehead atoms. The summed E-state index contributed by atoms with van der Waals surface area (Å²) < 4.78 is 2.02. The molecule has 2 heterocycles. The molecule has 0 amide bonds. The largest absolute Gasteiger partial charge is 0.357 e. The van der Waals surface area contributed by atoms with E-state index in [0.717, 1.165) is 29.6 Å². The molecular weight excluding hydrogens is 487 g/mol. The fraction of sp³-hybridized carbons (Fsp3) is 0.565. The number of hydrogen-bond acceptors (Lipinski definition) is 3. The highest BCUT2D eigenvalue weighted by Gasteiger charge is 2.19. The molecule has 7 heteroatoms. The van der Waals surface area contributed by atoms with Crippen molar-refractivity contribution in [1.29, 1.82) is 0 Å². The van der Waals surface area contributed by atoms with Crippen molar-refractivity contribution < 1.29 is 0 Å². The molecule has 1 aliphatic rings. The van der Waals surface area contributed by atoms with Gasteiger partial charge in [-0.15, -0.1) is 24.0 Å². The minimum Gasteiger partial charge on any atom is -0.357 e. The molecule has 3 rings (SSSR count). The van der Waals surface area contributed by atoms with Gasteiger partial charge in [-0.3, -0.25) is 0 Å². The van der Waals surface area contributed by atoms with Crippen molar-refractivity contribution in [3.8, 4) is 5.69 Å². The van der Waals surface area contributed by atoms with Crippen molar-refractivity contribution >= 4 is 29.9 Å².